The molecule has 0 fully saturated rings. The summed E-state index contributed by atoms with van der Waals surface area (Å²) in [5, 5.41) is 0.142. The van der Waals surface area contributed by atoms with E-state index in [9.17, 15) is 4.39 Å². The summed E-state index contributed by atoms with van der Waals surface area (Å²) in [6.45, 7) is 4.17. The maximum Gasteiger partial charge on any atom is 0.142 e. The van der Waals surface area contributed by atoms with Crippen molar-refractivity contribution in [1.82, 2.24) is 10.3 Å². The summed E-state index contributed by atoms with van der Waals surface area (Å²) < 4.78 is 13.4. The average Bonchev–Trinajstić information content (AvgIpc) is 2.30. The highest BCUT2D eigenvalue weighted by Gasteiger charge is 2.30. The first-order valence-corrected chi connectivity index (χ1v) is 6.24. The van der Waals surface area contributed by atoms with E-state index in [2.05, 4.69) is 24.2 Å². The van der Waals surface area contributed by atoms with E-state index in [4.69, 9.17) is 17.4 Å². The van der Waals surface area contributed by atoms with E-state index in [1.54, 1.807) is 6.07 Å². The van der Waals surface area contributed by atoms with Gasteiger partial charge in [0.2, 0.25) is 0 Å². The Kier molecular flexibility index (Phi) is 5.10. The quantitative estimate of drug-likeness (QED) is 0.638. The van der Waals surface area contributed by atoms with E-state index < -0.39 is 5.82 Å². The van der Waals surface area contributed by atoms with Gasteiger partial charge in [-0.2, -0.15) is 0 Å². The standard InChI is InChI=1S/C13H21ClFN3/c1-13(2,18(3)4)12(17-16)8-9-5-6-10(14)11(15)7-9/h5-7,12,17H,8,16H2,1-4H3. The molecule has 0 spiro atoms. The van der Waals surface area contributed by atoms with Gasteiger partial charge >= 0.3 is 0 Å². The first kappa shape index (κ1) is 15.4. The van der Waals surface area contributed by atoms with Crippen molar-refractivity contribution in [3.63, 3.8) is 0 Å². The number of nitrogens with zero attached hydrogens (tertiary/aromatic N) is 1. The lowest BCUT2D eigenvalue weighted by Crippen LogP contribution is -2.58. The van der Waals surface area contributed by atoms with Crippen molar-refractivity contribution >= 4 is 11.6 Å². The summed E-state index contributed by atoms with van der Waals surface area (Å²) in [4.78, 5) is 2.09. The van der Waals surface area contributed by atoms with Crippen LogP contribution in [0.2, 0.25) is 5.02 Å². The van der Waals surface area contributed by atoms with Gasteiger partial charge in [-0.05, 0) is 52.1 Å². The van der Waals surface area contributed by atoms with Crippen molar-refractivity contribution in [2.75, 3.05) is 14.1 Å². The molecule has 0 saturated carbocycles. The molecule has 1 unspecified atom stereocenters. The van der Waals surface area contributed by atoms with E-state index in [0.717, 1.165) is 5.56 Å². The van der Waals surface area contributed by atoms with Gasteiger partial charge in [0.05, 0.1) is 5.02 Å². The van der Waals surface area contributed by atoms with Crippen LogP contribution >= 0.6 is 11.6 Å². The minimum Gasteiger partial charge on any atom is -0.303 e. The van der Waals surface area contributed by atoms with E-state index in [-0.39, 0.29) is 16.6 Å². The summed E-state index contributed by atoms with van der Waals surface area (Å²) in [5.74, 6) is 5.22. The third kappa shape index (κ3) is 3.42. The van der Waals surface area contributed by atoms with Gasteiger partial charge in [0.15, 0.2) is 0 Å². The van der Waals surface area contributed by atoms with Crippen LogP contribution in [-0.4, -0.2) is 30.6 Å². The summed E-state index contributed by atoms with van der Waals surface area (Å²) in [6, 6.07) is 4.86. The van der Waals surface area contributed by atoms with Gasteiger partial charge in [-0.1, -0.05) is 17.7 Å². The zero-order chi connectivity index (χ0) is 13.9. The molecule has 1 atom stereocenters. The van der Waals surface area contributed by atoms with E-state index in [1.807, 2.05) is 20.2 Å². The highest BCUT2D eigenvalue weighted by Crippen LogP contribution is 2.21. The SMILES string of the molecule is CN(C)C(C)(C)C(Cc1ccc(Cl)c(F)c1)NN. The molecule has 0 aliphatic heterocycles. The van der Waals surface area contributed by atoms with Crippen LogP contribution < -0.4 is 11.3 Å². The lowest BCUT2D eigenvalue weighted by atomic mass is 9.88. The fourth-order valence-corrected chi connectivity index (χ4v) is 1.84. The van der Waals surface area contributed by atoms with Crippen LogP contribution in [0.15, 0.2) is 18.2 Å². The number of nitrogens with one attached hydrogen (secondary N) is 1. The molecule has 5 heteroatoms. The predicted molar refractivity (Wildman–Crippen MR) is 74.0 cm³/mol. The van der Waals surface area contributed by atoms with Gasteiger partial charge in [0.25, 0.3) is 0 Å². The van der Waals surface area contributed by atoms with Crippen molar-refractivity contribution in [3.05, 3.63) is 34.6 Å². The molecule has 1 aromatic carbocycles. The maximum atomic E-state index is 13.4. The second-order valence-corrected chi connectivity index (χ2v) is 5.63. The molecule has 18 heavy (non-hydrogen) atoms. The third-order valence-corrected chi connectivity index (χ3v) is 3.94. The minimum atomic E-state index is -0.396. The zero-order valence-corrected chi connectivity index (χ0v) is 12.1. The smallest absolute Gasteiger partial charge is 0.142 e. The molecule has 0 heterocycles. The Hall–Kier alpha value is -0.680. The fraction of sp³-hybridized carbons (Fsp3) is 0.538. The molecule has 1 aromatic rings. The van der Waals surface area contributed by atoms with Crippen molar-refractivity contribution in [2.45, 2.75) is 31.8 Å². The largest absolute Gasteiger partial charge is 0.303 e. The Morgan fingerprint density at radius 3 is 2.50 bits per heavy atom. The Balaban J connectivity index is 2.89. The number of benzene rings is 1. The number of likely N-dealkylation sites (N-methyl/N-ethyl adjacent to an activating group) is 1. The van der Waals surface area contributed by atoms with Gasteiger partial charge in [-0.3, -0.25) is 11.3 Å². The minimum absolute atomic E-state index is 0.00748. The van der Waals surface area contributed by atoms with Crippen LogP contribution in [0.1, 0.15) is 19.4 Å². The van der Waals surface area contributed by atoms with Crippen molar-refractivity contribution in [2.24, 2.45) is 5.84 Å². The van der Waals surface area contributed by atoms with E-state index >= 15 is 0 Å². The summed E-state index contributed by atoms with van der Waals surface area (Å²) in [7, 11) is 3.99. The monoisotopic (exact) mass is 273 g/mol. The second kappa shape index (κ2) is 5.97. The first-order valence-electron chi connectivity index (χ1n) is 5.86. The predicted octanol–water partition coefficient (Wildman–Crippen LogP) is 2.19. The Morgan fingerprint density at radius 1 is 1.44 bits per heavy atom. The van der Waals surface area contributed by atoms with Crippen LogP contribution in [0.25, 0.3) is 0 Å². The Bertz CT molecular complexity index is 407. The lowest BCUT2D eigenvalue weighted by Gasteiger charge is -2.40. The number of rotatable bonds is 5. The van der Waals surface area contributed by atoms with Crippen LogP contribution in [0, 0.1) is 5.82 Å². The van der Waals surface area contributed by atoms with E-state index in [1.165, 1.54) is 6.07 Å². The molecule has 0 bridgehead atoms. The molecule has 0 aliphatic carbocycles. The number of halogens is 2. The molecule has 0 aromatic heterocycles. The number of hydrogen-bond donors (Lipinski definition) is 2. The van der Waals surface area contributed by atoms with Gasteiger partial charge in [0, 0.05) is 11.6 Å². The van der Waals surface area contributed by atoms with Crippen LogP contribution in [0.4, 0.5) is 4.39 Å². The van der Waals surface area contributed by atoms with Crippen molar-refractivity contribution < 1.29 is 4.39 Å². The molecule has 0 amide bonds. The second-order valence-electron chi connectivity index (χ2n) is 5.22. The normalized spacial score (nSPS) is 14.0. The molecular weight excluding hydrogens is 253 g/mol. The average molecular weight is 274 g/mol. The third-order valence-electron chi connectivity index (χ3n) is 3.63. The number of hydrogen-bond acceptors (Lipinski definition) is 3. The van der Waals surface area contributed by atoms with Crippen LogP contribution in [0.5, 0.6) is 0 Å². The van der Waals surface area contributed by atoms with Gasteiger partial charge in [0.1, 0.15) is 5.82 Å². The number of hydrazine groups is 1. The van der Waals surface area contributed by atoms with Crippen molar-refractivity contribution in [3.8, 4) is 0 Å². The lowest BCUT2D eigenvalue weighted by molar-refractivity contribution is 0.137. The molecule has 1 rings (SSSR count). The maximum absolute atomic E-state index is 13.4. The molecular formula is C13H21ClFN3. The molecule has 0 saturated heterocycles. The molecule has 3 nitrogen and oxygen atoms in total. The van der Waals surface area contributed by atoms with Gasteiger partial charge in [-0.15, -0.1) is 0 Å². The molecule has 0 aliphatic rings. The van der Waals surface area contributed by atoms with Crippen molar-refractivity contribution in [1.29, 1.82) is 0 Å². The van der Waals surface area contributed by atoms with Crippen LogP contribution in [0.3, 0.4) is 0 Å². The molecule has 3 N–H and O–H groups in total. The summed E-state index contributed by atoms with van der Waals surface area (Å²) >= 11 is 5.67. The molecule has 0 radical (unpaired) electrons. The highest BCUT2D eigenvalue weighted by atomic mass is 35.5. The topological polar surface area (TPSA) is 41.3 Å². The first-order chi connectivity index (χ1) is 8.28. The highest BCUT2D eigenvalue weighted by molar-refractivity contribution is 6.30. The summed E-state index contributed by atoms with van der Waals surface area (Å²) in [6.07, 6.45) is 0.635. The zero-order valence-electron chi connectivity index (χ0n) is 11.3. The number of nitrogens with two attached hydrogens (primary N) is 1. The molecule has 102 valence electrons. The fourth-order valence-electron chi connectivity index (χ4n) is 1.73. The van der Waals surface area contributed by atoms with E-state index in [0.29, 0.717) is 6.42 Å². The summed E-state index contributed by atoms with van der Waals surface area (Å²) in [5.41, 5.74) is 3.53. The van der Waals surface area contributed by atoms with Gasteiger partial charge in [-0.25, -0.2) is 4.39 Å². The Labute approximate surface area is 113 Å². The van der Waals surface area contributed by atoms with Crippen LogP contribution in [-0.2, 0) is 6.42 Å². The van der Waals surface area contributed by atoms with Gasteiger partial charge < -0.3 is 4.90 Å². The Morgan fingerprint density at radius 2 is 2.06 bits per heavy atom.